The quantitative estimate of drug-likeness (QED) is 0.458. The van der Waals surface area contributed by atoms with Gasteiger partial charge >= 0.3 is 0 Å². The van der Waals surface area contributed by atoms with Gasteiger partial charge in [0.25, 0.3) is 5.91 Å². The Bertz CT molecular complexity index is 1290. The number of benzene rings is 3. The van der Waals surface area contributed by atoms with Crippen LogP contribution < -0.4 is 15.5 Å². The third-order valence-corrected chi connectivity index (χ3v) is 6.44. The lowest BCUT2D eigenvalue weighted by Crippen LogP contribution is -2.40. The van der Waals surface area contributed by atoms with Crippen LogP contribution in [0.4, 0.5) is 11.8 Å². The van der Waals surface area contributed by atoms with E-state index in [9.17, 15) is 4.79 Å². The highest BCUT2D eigenvalue weighted by Crippen LogP contribution is 2.27. The van der Waals surface area contributed by atoms with E-state index in [4.69, 9.17) is 9.97 Å². The molecule has 0 bridgehead atoms. The number of para-hydroxylation sites is 1. The molecule has 0 saturated heterocycles. The summed E-state index contributed by atoms with van der Waals surface area (Å²) in [5.74, 6) is 1.59. The zero-order chi connectivity index (χ0) is 22.8. The van der Waals surface area contributed by atoms with Gasteiger partial charge in [-0.15, -0.1) is 0 Å². The lowest BCUT2D eigenvalue weighted by molar-refractivity contribution is 0.0928. The lowest BCUT2D eigenvalue weighted by atomic mass is 9.91. The monoisotopic (exact) mass is 439 g/mol. The maximum absolute atomic E-state index is 13.0. The van der Waals surface area contributed by atoms with Crippen LogP contribution in [0.15, 0.2) is 66.7 Å². The maximum atomic E-state index is 13.0. The van der Waals surface area contributed by atoms with Crippen molar-refractivity contribution < 1.29 is 4.79 Å². The van der Waals surface area contributed by atoms with E-state index < -0.39 is 0 Å². The number of nitrogens with one attached hydrogen (secondary N) is 2. The van der Waals surface area contributed by atoms with E-state index in [0.717, 1.165) is 58.7 Å². The Kier molecular flexibility index (Phi) is 5.82. The molecule has 2 N–H and O–H groups in total. The minimum absolute atomic E-state index is 0.0108. The normalized spacial score (nSPS) is 18.2. The summed E-state index contributed by atoms with van der Waals surface area (Å²) in [5, 5.41) is 9.93. The Morgan fingerprint density at radius 3 is 2.27 bits per heavy atom. The van der Waals surface area contributed by atoms with Crippen molar-refractivity contribution >= 4 is 39.3 Å². The molecule has 6 heteroatoms. The van der Waals surface area contributed by atoms with Crippen molar-refractivity contribution in [1.29, 1.82) is 0 Å². The molecule has 1 amide bonds. The predicted molar refractivity (Wildman–Crippen MR) is 135 cm³/mol. The summed E-state index contributed by atoms with van der Waals surface area (Å²) in [7, 11) is 4.00. The third kappa shape index (κ3) is 4.46. The van der Waals surface area contributed by atoms with Gasteiger partial charge in [-0.3, -0.25) is 4.79 Å². The zero-order valence-corrected chi connectivity index (χ0v) is 19.1. The topological polar surface area (TPSA) is 70.2 Å². The van der Waals surface area contributed by atoms with E-state index in [0.29, 0.717) is 12.0 Å². The number of amides is 1. The molecule has 3 aromatic carbocycles. The number of anilines is 2. The van der Waals surface area contributed by atoms with E-state index in [-0.39, 0.29) is 11.9 Å². The van der Waals surface area contributed by atoms with Crippen molar-refractivity contribution in [3.05, 3.63) is 72.3 Å². The molecule has 1 aromatic heterocycles. The summed E-state index contributed by atoms with van der Waals surface area (Å²) < 4.78 is 0. The van der Waals surface area contributed by atoms with Crippen LogP contribution in [0.1, 0.15) is 36.0 Å². The van der Waals surface area contributed by atoms with Crippen molar-refractivity contribution in [2.24, 2.45) is 0 Å². The van der Waals surface area contributed by atoms with Crippen molar-refractivity contribution in [1.82, 2.24) is 15.3 Å². The van der Waals surface area contributed by atoms with Crippen LogP contribution in [0.5, 0.6) is 0 Å². The molecule has 1 fully saturated rings. The fourth-order valence-electron chi connectivity index (χ4n) is 4.72. The fourth-order valence-corrected chi connectivity index (χ4v) is 4.72. The Labute approximate surface area is 194 Å². The highest BCUT2D eigenvalue weighted by molar-refractivity contribution is 6.07. The van der Waals surface area contributed by atoms with Gasteiger partial charge in [-0.2, -0.15) is 4.98 Å². The Morgan fingerprint density at radius 1 is 0.818 bits per heavy atom. The van der Waals surface area contributed by atoms with Crippen LogP contribution in [0.2, 0.25) is 0 Å². The van der Waals surface area contributed by atoms with E-state index in [2.05, 4.69) is 16.7 Å². The SMILES string of the molecule is CN(C)c1nc(N[C@H]2CC[C@@H](NC(=O)c3cccc4ccccc34)CC2)nc2ccccc12. The zero-order valence-electron chi connectivity index (χ0n) is 19.1. The second-order valence-electron chi connectivity index (χ2n) is 8.98. The molecule has 0 atom stereocenters. The van der Waals surface area contributed by atoms with Crippen LogP contribution in [-0.4, -0.2) is 42.1 Å². The number of fused-ring (bicyclic) bond motifs is 2. The first-order valence-electron chi connectivity index (χ1n) is 11.6. The highest BCUT2D eigenvalue weighted by atomic mass is 16.1. The molecule has 1 saturated carbocycles. The molecule has 5 rings (SSSR count). The molecule has 1 heterocycles. The maximum Gasteiger partial charge on any atom is 0.252 e. The molecule has 0 spiro atoms. The number of aromatic nitrogens is 2. The highest BCUT2D eigenvalue weighted by Gasteiger charge is 2.24. The van der Waals surface area contributed by atoms with Gasteiger partial charge in [0, 0.05) is 37.1 Å². The number of carbonyl (C=O) groups is 1. The first-order chi connectivity index (χ1) is 16.1. The largest absolute Gasteiger partial charge is 0.362 e. The predicted octanol–water partition coefficient (Wildman–Crippen LogP) is 5.00. The lowest BCUT2D eigenvalue weighted by Gasteiger charge is -2.30. The second kappa shape index (κ2) is 9.06. The summed E-state index contributed by atoms with van der Waals surface area (Å²) in [6.45, 7) is 0. The Morgan fingerprint density at radius 2 is 1.48 bits per heavy atom. The molecular formula is C27H29N5O. The number of hydrogen-bond donors (Lipinski definition) is 2. The Hall–Kier alpha value is -3.67. The number of hydrogen-bond acceptors (Lipinski definition) is 5. The average Bonchev–Trinajstić information content (AvgIpc) is 2.84. The van der Waals surface area contributed by atoms with Gasteiger partial charge in [-0.1, -0.05) is 48.5 Å². The van der Waals surface area contributed by atoms with E-state index in [1.165, 1.54) is 0 Å². The summed E-state index contributed by atoms with van der Waals surface area (Å²) in [5.41, 5.74) is 1.68. The van der Waals surface area contributed by atoms with Crippen molar-refractivity contribution in [2.45, 2.75) is 37.8 Å². The van der Waals surface area contributed by atoms with Gasteiger partial charge < -0.3 is 15.5 Å². The van der Waals surface area contributed by atoms with Crippen LogP contribution in [0.3, 0.4) is 0 Å². The van der Waals surface area contributed by atoms with Gasteiger partial charge in [0.05, 0.1) is 5.52 Å². The fraction of sp³-hybridized carbons (Fsp3) is 0.296. The van der Waals surface area contributed by atoms with Gasteiger partial charge in [0.15, 0.2) is 0 Å². The van der Waals surface area contributed by atoms with Crippen LogP contribution in [-0.2, 0) is 0 Å². The van der Waals surface area contributed by atoms with Gasteiger partial charge in [0.2, 0.25) is 5.95 Å². The first kappa shape index (κ1) is 21.2. The summed E-state index contributed by atoms with van der Waals surface area (Å²) >= 11 is 0. The smallest absolute Gasteiger partial charge is 0.252 e. The Balaban J connectivity index is 1.23. The van der Waals surface area contributed by atoms with Crippen LogP contribution in [0, 0.1) is 0 Å². The molecular weight excluding hydrogens is 410 g/mol. The number of carbonyl (C=O) groups excluding carboxylic acids is 1. The third-order valence-electron chi connectivity index (χ3n) is 6.44. The van der Waals surface area contributed by atoms with E-state index >= 15 is 0 Å². The molecule has 33 heavy (non-hydrogen) atoms. The van der Waals surface area contributed by atoms with E-state index in [1.54, 1.807) is 0 Å². The van der Waals surface area contributed by atoms with Gasteiger partial charge in [0.1, 0.15) is 5.82 Å². The van der Waals surface area contributed by atoms with Crippen molar-refractivity contribution in [3.8, 4) is 0 Å². The number of nitrogens with zero attached hydrogens (tertiary/aromatic N) is 3. The van der Waals surface area contributed by atoms with E-state index in [1.807, 2.05) is 79.7 Å². The average molecular weight is 440 g/mol. The van der Waals surface area contributed by atoms with Gasteiger partial charge in [-0.05, 0) is 54.7 Å². The second-order valence-corrected chi connectivity index (χ2v) is 8.98. The summed E-state index contributed by atoms with van der Waals surface area (Å²) in [6.07, 6.45) is 3.80. The molecule has 168 valence electrons. The molecule has 6 nitrogen and oxygen atoms in total. The number of rotatable bonds is 5. The molecule has 1 aliphatic carbocycles. The molecule has 1 aliphatic rings. The van der Waals surface area contributed by atoms with Crippen molar-refractivity contribution in [3.63, 3.8) is 0 Å². The molecule has 0 radical (unpaired) electrons. The standard InChI is InChI=1S/C27H29N5O/c1-32(2)25-23-11-5-6-13-24(23)30-27(31-25)29-20-16-14-19(15-17-20)28-26(33)22-12-7-9-18-8-3-4-10-21(18)22/h3-13,19-20H,14-17H2,1-2H3,(H,28,33)(H,29,30,31)/t19-,20+. The molecule has 0 aliphatic heterocycles. The molecule has 4 aromatic rings. The van der Waals surface area contributed by atoms with Crippen LogP contribution >= 0.6 is 0 Å². The summed E-state index contributed by atoms with van der Waals surface area (Å²) in [6, 6.07) is 22.5. The van der Waals surface area contributed by atoms with Gasteiger partial charge in [-0.25, -0.2) is 4.98 Å². The molecule has 0 unspecified atom stereocenters. The summed E-state index contributed by atoms with van der Waals surface area (Å²) in [4.78, 5) is 24.5. The minimum Gasteiger partial charge on any atom is -0.362 e. The minimum atomic E-state index is 0.0108. The first-order valence-corrected chi connectivity index (χ1v) is 11.6. The van der Waals surface area contributed by atoms with Crippen LogP contribution in [0.25, 0.3) is 21.7 Å². The van der Waals surface area contributed by atoms with Crippen molar-refractivity contribution in [2.75, 3.05) is 24.3 Å².